The number of aryl methyl sites for hydroxylation is 1. The number of primary amides is 1. The van der Waals surface area contributed by atoms with E-state index in [-0.39, 0.29) is 11.9 Å². The van der Waals surface area contributed by atoms with Gasteiger partial charge in [0, 0.05) is 7.05 Å². The highest BCUT2D eigenvalue weighted by atomic mass is 16.2. The van der Waals surface area contributed by atoms with E-state index in [9.17, 15) is 9.59 Å². The number of rotatable bonds is 3. The van der Waals surface area contributed by atoms with Gasteiger partial charge < -0.3 is 15.6 Å². The van der Waals surface area contributed by atoms with Gasteiger partial charge in [-0.25, -0.2) is 4.98 Å². The van der Waals surface area contributed by atoms with Gasteiger partial charge in [0.1, 0.15) is 11.7 Å². The summed E-state index contributed by atoms with van der Waals surface area (Å²) in [5.41, 5.74) is 8.27. The molecule has 6 nitrogen and oxygen atoms in total. The van der Waals surface area contributed by atoms with Crippen molar-refractivity contribution in [3.63, 3.8) is 0 Å². The van der Waals surface area contributed by atoms with Gasteiger partial charge in [-0.2, -0.15) is 0 Å². The van der Waals surface area contributed by atoms with Gasteiger partial charge in [0.05, 0.1) is 23.0 Å². The zero-order valence-electron chi connectivity index (χ0n) is 13.7. The van der Waals surface area contributed by atoms with Crippen molar-refractivity contribution in [1.82, 2.24) is 14.9 Å². The summed E-state index contributed by atoms with van der Waals surface area (Å²) in [6, 6.07) is 17.0. The molecular formula is C19H18N4O2. The van der Waals surface area contributed by atoms with E-state index in [2.05, 4.69) is 5.32 Å². The molecule has 1 aliphatic rings. The molecule has 3 aromatic rings. The molecule has 1 saturated heterocycles. The van der Waals surface area contributed by atoms with Crippen LogP contribution in [0.2, 0.25) is 0 Å². The number of imidazole rings is 1. The van der Waals surface area contributed by atoms with Crippen molar-refractivity contribution in [2.75, 3.05) is 0 Å². The van der Waals surface area contributed by atoms with Crippen molar-refractivity contribution in [3.8, 4) is 0 Å². The van der Waals surface area contributed by atoms with Crippen LogP contribution in [0, 0.1) is 5.92 Å². The Labute approximate surface area is 144 Å². The summed E-state index contributed by atoms with van der Waals surface area (Å²) in [6.07, 6.45) is 0. The van der Waals surface area contributed by atoms with E-state index in [1.807, 2.05) is 66.2 Å². The van der Waals surface area contributed by atoms with Crippen molar-refractivity contribution in [1.29, 1.82) is 0 Å². The van der Waals surface area contributed by atoms with E-state index in [1.54, 1.807) is 0 Å². The monoisotopic (exact) mass is 334 g/mol. The Bertz CT molecular complexity index is 964. The Morgan fingerprint density at radius 2 is 1.80 bits per heavy atom. The highest BCUT2D eigenvalue weighted by Crippen LogP contribution is 2.42. The van der Waals surface area contributed by atoms with Crippen LogP contribution in [0.15, 0.2) is 54.6 Å². The topological polar surface area (TPSA) is 90.0 Å². The second-order valence-electron chi connectivity index (χ2n) is 6.32. The average molecular weight is 334 g/mol. The number of amides is 2. The first-order chi connectivity index (χ1) is 12.1. The van der Waals surface area contributed by atoms with E-state index in [4.69, 9.17) is 10.7 Å². The van der Waals surface area contributed by atoms with E-state index in [0.29, 0.717) is 5.82 Å². The number of fused-ring (bicyclic) bond motifs is 1. The highest BCUT2D eigenvalue weighted by molar-refractivity contribution is 6.02. The SMILES string of the molecule is Cn1c(C2C(C(N)=O)C(=O)NC2c2ccccc2)nc2ccccc21. The van der Waals surface area contributed by atoms with Crippen LogP contribution < -0.4 is 11.1 Å². The van der Waals surface area contributed by atoms with Crippen molar-refractivity contribution in [2.24, 2.45) is 18.7 Å². The molecule has 2 heterocycles. The maximum absolute atomic E-state index is 12.5. The van der Waals surface area contributed by atoms with Crippen molar-refractivity contribution < 1.29 is 9.59 Å². The number of hydrogen-bond acceptors (Lipinski definition) is 3. The highest BCUT2D eigenvalue weighted by Gasteiger charge is 2.49. The number of nitrogens with one attached hydrogen (secondary N) is 1. The van der Waals surface area contributed by atoms with E-state index < -0.39 is 17.7 Å². The maximum Gasteiger partial charge on any atom is 0.233 e. The fraction of sp³-hybridized carbons (Fsp3) is 0.211. The molecule has 3 unspecified atom stereocenters. The summed E-state index contributed by atoms with van der Waals surface area (Å²) in [5, 5.41) is 2.93. The molecule has 1 aliphatic heterocycles. The molecule has 0 bridgehead atoms. The minimum absolute atomic E-state index is 0.346. The minimum Gasteiger partial charge on any atom is -0.369 e. The lowest BCUT2D eigenvalue weighted by Gasteiger charge is -2.21. The zero-order chi connectivity index (χ0) is 17.6. The van der Waals surface area contributed by atoms with Crippen molar-refractivity contribution >= 4 is 22.8 Å². The first-order valence-corrected chi connectivity index (χ1v) is 8.14. The van der Waals surface area contributed by atoms with Gasteiger partial charge in [0.15, 0.2) is 0 Å². The third-order valence-electron chi connectivity index (χ3n) is 4.88. The number of nitrogens with two attached hydrogens (primary N) is 1. The van der Waals surface area contributed by atoms with Crippen LogP contribution in [-0.2, 0) is 16.6 Å². The standard InChI is InChI=1S/C19H18N4O2/c1-23-13-10-6-5-9-12(13)21-18(23)14-15(17(20)24)19(25)22-16(14)11-7-3-2-4-8-11/h2-10,14-16H,1H3,(H2,20,24)(H,22,25). The predicted octanol–water partition coefficient (Wildman–Crippen LogP) is 1.63. The first kappa shape index (κ1) is 15.4. The Morgan fingerprint density at radius 3 is 2.48 bits per heavy atom. The number of hydrogen-bond donors (Lipinski definition) is 2. The number of para-hydroxylation sites is 2. The van der Waals surface area contributed by atoms with Gasteiger partial charge in [0.2, 0.25) is 11.8 Å². The molecule has 4 rings (SSSR count). The van der Waals surface area contributed by atoms with Gasteiger partial charge in [0.25, 0.3) is 0 Å². The Hall–Kier alpha value is -3.15. The first-order valence-electron chi connectivity index (χ1n) is 8.14. The Balaban J connectivity index is 1.90. The summed E-state index contributed by atoms with van der Waals surface area (Å²) < 4.78 is 1.94. The summed E-state index contributed by atoms with van der Waals surface area (Å²) in [7, 11) is 1.90. The number of aromatic nitrogens is 2. The van der Waals surface area contributed by atoms with Crippen LogP contribution in [0.5, 0.6) is 0 Å². The van der Waals surface area contributed by atoms with Gasteiger partial charge in [-0.1, -0.05) is 42.5 Å². The van der Waals surface area contributed by atoms with Gasteiger partial charge in [-0.3, -0.25) is 9.59 Å². The molecule has 1 aromatic heterocycles. The lowest BCUT2D eigenvalue weighted by molar-refractivity contribution is -0.131. The summed E-state index contributed by atoms with van der Waals surface area (Å²) >= 11 is 0. The fourth-order valence-corrected chi connectivity index (χ4v) is 3.71. The Kier molecular flexibility index (Phi) is 3.53. The molecule has 3 atom stereocenters. The quantitative estimate of drug-likeness (QED) is 0.713. The average Bonchev–Trinajstić information content (AvgIpc) is 3.13. The third kappa shape index (κ3) is 2.38. The number of nitrogens with zero attached hydrogens (tertiary/aromatic N) is 2. The maximum atomic E-state index is 12.5. The van der Waals surface area contributed by atoms with E-state index in [1.165, 1.54) is 0 Å². The molecule has 0 aliphatic carbocycles. The summed E-state index contributed by atoms with van der Waals surface area (Å²) in [5.74, 6) is -1.70. The van der Waals surface area contributed by atoms with Gasteiger partial charge in [-0.05, 0) is 17.7 Å². The molecule has 25 heavy (non-hydrogen) atoms. The minimum atomic E-state index is -0.944. The van der Waals surface area contributed by atoms with Crippen LogP contribution in [-0.4, -0.2) is 21.4 Å². The van der Waals surface area contributed by atoms with E-state index >= 15 is 0 Å². The Morgan fingerprint density at radius 1 is 1.12 bits per heavy atom. The lowest BCUT2D eigenvalue weighted by atomic mass is 9.85. The predicted molar refractivity (Wildman–Crippen MR) is 93.5 cm³/mol. The lowest BCUT2D eigenvalue weighted by Crippen LogP contribution is -2.33. The number of benzene rings is 2. The summed E-state index contributed by atoms with van der Waals surface area (Å²) in [6.45, 7) is 0. The second-order valence-corrected chi connectivity index (χ2v) is 6.32. The van der Waals surface area contributed by atoms with Crippen LogP contribution in [0.4, 0.5) is 0 Å². The molecule has 0 saturated carbocycles. The molecular weight excluding hydrogens is 316 g/mol. The molecule has 2 amide bonds. The number of carbonyl (C=O) groups is 2. The zero-order valence-corrected chi connectivity index (χ0v) is 13.7. The smallest absolute Gasteiger partial charge is 0.233 e. The van der Waals surface area contributed by atoms with Crippen molar-refractivity contribution in [3.05, 3.63) is 66.0 Å². The van der Waals surface area contributed by atoms with Crippen molar-refractivity contribution in [2.45, 2.75) is 12.0 Å². The molecule has 126 valence electrons. The fourth-order valence-electron chi connectivity index (χ4n) is 3.71. The molecule has 0 radical (unpaired) electrons. The van der Waals surface area contributed by atoms with E-state index in [0.717, 1.165) is 16.6 Å². The molecule has 6 heteroatoms. The van der Waals surface area contributed by atoms with Crippen LogP contribution >= 0.6 is 0 Å². The second kappa shape index (κ2) is 5.73. The number of carbonyl (C=O) groups excluding carboxylic acids is 2. The normalized spacial score (nSPS) is 22.9. The largest absolute Gasteiger partial charge is 0.369 e. The van der Waals surface area contributed by atoms with Crippen LogP contribution in [0.25, 0.3) is 11.0 Å². The van der Waals surface area contributed by atoms with Crippen LogP contribution in [0.1, 0.15) is 23.3 Å². The van der Waals surface area contributed by atoms with Gasteiger partial charge >= 0.3 is 0 Å². The summed E-state index contributed by atoms with van der Waals surface area (Å²) in [4.78, 5) is 29.2. The van der Waals surface area contributed by atoms with Gasteiger partial charge in [-0.15, -0.1) is 0 Å². The molecule has 3 N–H and O–H groups in total. The van der Waals surface area contributed by atoms with Crippen LogP contribution in [0.3, 0.4) is 0 Å². The third-order valence-corrected chi connectivity index (χ3v) is 4.88. The molecule has 2 aromatic carbocycles. The molecule has 0 spiro atoms. The molecule has 1 fully saturated rings.